The molecule has 23 heavy (non-hydrogen) atoms. The number of rotatable bonds is 5. The summed E-state index contributed by atoms with van der Waals surface area (Å²) in [7, 11) is 1.63. The summed E-state index contributed by atoms with van der Waals surface area (Å²) in [6.45, 7) is 2.93. The van der Waals surface area contributed by atoms with Crippen LogP contribution in [-0.2, 0) is 29.3 Å². The molecule has 1 N–H and O–H groups in total. The molecule has 3 rings (SSSR count). The number of carbonyl (C=O) groups is 1. The Balaban J connectivity index is 1.69. The van der Waals surface area contributed by atoms with E-state index in [9.17, 15) is 9.90 Å². The zero-order valence-electron chi connectivity index (χ0n) is 13.1. The number of phenols is 1. The van der Waals surface area contributed by atoms with E-state index in [0.717, 1.165) is 28.0 Å². The van der Waals surface area contributed by atoms with Crippen LogP contribution >= 0.6 is 0 Å². The fourth-order valence-corrected chi connectivity index (χ4v) is 2.65. The van der Waals surface area contributed by atoms with Gasteiger partial charge in [0.05, 0.1) is 20.3 Å². The lowest BCUT2D eigenvalue weighted by Crippen LogP contribution is -2.01. The van der Waals surface area contributed by atoms with Gasteiger partial charge in [0.2, 0.25) is 0 Å². The SMILES string of the molecule is COc1ccc(COCc2cc(O)c3c(c2C)COC3=O)cc1. The van der Waals surface area contributed by atoms with Crippen molar-refractivity contribution in [3.05, 3.63) is 58.1 Å². The number of esters is 1. The van der Waals surface area contributed by atoms with E-state index in [1.54, 1.807) is 13.2 Å². The number of phenolic OH excluding ortho intramolecular Hbond substituents is 1. The van der Waals surface area contributed by atoms with Crippen molar-refractivity contribution in [2.75, 3.05) is 7.11 Å². The van der Waals surface area contributed by atoms with Crippen LogP contribution in [0.4, 0.5) is 0 Å². The molecule has 2 aromatic rings. The van der Waals surface area contributed by atoms with Crippen molar-refractivity contribution in [1.29, 1.82) is 0 Å². The predicted octanol–water partition coefficient (Wildman–Crippen LogP) is 3.10. The van der Waals surface area contributed by atoms with Gasteiger partial charge in [0.25, 0.3) is 0 Å². The third-order valence-corrected chi connectivity index (χ3v) is 4.04. The molecular formula is C18H18O5. The topological polar surface area (TPSA) is 65.0 Å². The number of carbonyl (C=O) groups excluding carboxylic acids is 1. The first kappa shape index (κ1) is 15.4. The summed E-state index contributed by atoms with van der Waals surface area (Å²) in [4.78, 5) is 11.6. The number of hydrogen-bond acceptors (Lipinski definition) is 5. The molecule has 0 fully saturated rings. The van der Waals surface area contributed by atoms with Gasteiger partial charge in [-0.1, -0.05) is 12.1 Å². The van der Waals surface area contributed by atoms with Crippen LogP contribution < -0.4 is 4.74 Å². The second kappa shape index (κ2) is 6.30. The fourth-order valence-electron chi connectivity index (χ4n) is 2.65. The van der Waals surface area contributed by atoms with Crippen LogP contribution in [0.15, 0.2) is 30.3 Å². The zero-order chi connectivity index (χ0) is 16.4. The van der Waals surface area contributed by atoms with Gasteiger partial charge in [0, 0.05) is 5.56 Å². The van der Waals surface area contributed by atoms with Gasteiger partial charge in [-0.05, 0) is 41.8 Å². The minimum Gasteiger partial charge on any atom is -0.507 e. The van der Waals surface area contributed by atoms with Crippen LogP contribution in [0.1, 0.15) is 32.6 Å². The molecule has 0 aliphatic carbocycles. The Morgan fingerprint density at radius 3 is 2.65 bits per heavy atom. The van der Waals surface area contributed by atoms with E-state index in [1.165, 1.54) is 0 Å². The molecule has 0 bridgehead atoms. The highest BCUT2D eigenvalue weighted by Gasteiger charge is 2.28. The van der Waals surface area contributed by atoms with Crippen LogP contribution in [0.2, 0.25) is 0 Å². The number of cyclic esters (lactones) is 1. The largest absolute Gasteiger partial charge is 0.507 e. The molecule has 1 aliphatic heterocycles. The summed E-state index contributed by atoms with van der Waals surface area (Å²) < 4.78 is 15.8. The molecule has 0 spiro atoms. The van der Waals surface area contributed by atoms with Crippen molar-refractivity contribution >= 4 is 5.97 Å². The lowest BCUT2D eigenvalue weighted by atomic mass is 9.98. The van der Waals surface area contributed by atoms with E-state index >= 15 is 0 Å². The second-order valence-electron chi connectivity index (χ2n) is 5.45. The van der Waals surface area contributed by atoms with E-state index in [1.807, 2.05) is 31.2 Å². The van der Waals surface area contributed by atoms with Crippen molar-refractivity contribution in [3.8, 4) is 11.5 Å². The number of aromatic hydroxyl groups is 1. The number of fused-ring (bicyclic) bond motifs is 1. The predicted molar refractivity (Wildman–Crippen MR) is 83.5 cm³/mol. The first-order valence-corrected chi connectivity index (χ1v) is 7.32. The van der Waals surface area contributed by atoms with Crippen LogP contribution in [-0.4, -0.2) is 18.2 Å². The molecule has 0 unspecified atom stereocenters. The van der Waals surface area contributed by atoms with Gasteiger partial charge in [0.1, 0.15) is 23.7 Å². The van der Waals surface area contributed by atoms with Crippen molar-refractivity contribution in [1.82, 2.24) is 0 Å². The maximum Gasteiger partial charge on any atom is 0.342 e. The van der Waals surface area contributed by atoms with E-state index in [0.29, 0.717) is 13.2 Å². The monoisotopic (exact) mass is 314 g/mol. The zero-order valence-corrected chi connectivity index (χ0v) is 13.1. The van der Waals surface area contributed by atoms with Crippen LogP contribution in [0.5, 0.6) is 11.5 Å². The van der Waals surface area contributed by atoms with E-state index < -0.39 is 5.97 Å². The van der Waals surface area contributed by atoms with Crippen LogP contribution in [0.25, 0.3) is 0 Å². The molecule has 1 heterocycles. The second-order valence-corrected chi connectivity index (χ2v) is 5.45. The van der Waals surface area contributed by atoms with Crippen LogP contribution in [0.3, 0.4) is 0 Å². The highest BCUT2D eigenvalue weighted by molar-refractivity contribution is 5.96. The Labute approximate surface area is 134 Å². The Bertz CT molecular complexity index is 734. The van der Waals surface area contributed by atoms with Gasteiger partial charge in [0.15, 0.2) is 0 Å². The van der Waals surface area contributed by atoms with Gasteiger partial charge < -0.3 is 19.3 Å². The highest BCUT2D eigenvalue weighted by atomic mass is 16.5. The van der Waals surface area contributed by atoms with Gasteiger partial charge in [-0.25, -0.2) is 4.79 Å². The smallest absolute Gasteiger partial charge is 0.342 e. The summed E-state index contributed by atoms with van der Waals surface area (Å²) >= 11 is 0. The average molecular weight is 314 g/mol. The van der Waals surface area contributed by atoms with Gasteiger partial charge >= 0.3 is 5.97 Å². The molecule has 5 heteroatoms. The Hall–Kier alpha value is -2.53. The molecule has 0 aromatic heterocycles. The number of methoxy groups -OCH3 is 1. The van der Waals surface area contributed by atoms with Crippen molar-refractivity contribution < 1.29 is 24.1 Å². The third-order valence-electron chi connectivity index (χ3n) is 4.04. The molecule has 0 atom stereocenters. The highest BCUT2D eigenvalue weighted by Crippen LogP contribution is 2.33. The van der Waals surface area contributed by atoms with Gasteiger partial charge in [-0.3, -0.25) is 0 Å². The molecule has 0 amide bonds. The summed E-state index contributed by atoms with van der Waals surface area (Å²) in [6.07, 6.45) is 0. The normalized spacial score (nSPS) is 12.9. The minimum absolute atomic E-state index is 0.0452. The minimum atomic E-state index is -0.466. The quantitative estimate of drug-likeness (QED) is 0.859. The number of ether oxygens (including phenoxy) is 3. The van der Waals surface area contributed by atoms with E-state index in [2.05, 4.69) is 0 Å². The summed E-state index contributed by atoms with van der Waals surface area (Å²) in [5.41, 5.74) is 3.85. The third kappa shape index (κ3) is 3.00. The first-order chi connectivity index (χ1) is 11.1. The summed E-state index contributed by atoms with van der Waals surface area (Å²) in [5, 5.41) is 10.0. The average Bonchev–Trinajstić information content (AvgIpc) is 2.95. The van der Waals surface area contributed by atoms with Gasteiger partial charge in [-0.2, -0.15) is 0 Å². The Kier molecular flexibility index (Phi) is 4.21. The number of benzene rings is 2. The molecule has 2 aromatic carbocycles. The van der Waals surface area contributed by atoms with Crippen molar-refractivity contribution in [2.45, 2.75) is 26.7 Å². The molecule has 1 aliphatic rings. The Morgan fingerprint density at radius 2 is 1.96 bits per heavy atom. The molecular weight excluding hydrogens is 296 g/mol. The first-order valence-electron chi connectivity index (χ1n) is 7.32. The molecule has 0 saturated heterocycles. The molecule has 0 radical (unpaired) electrons. The fraction of sp³-hybridized carbons (Fsp3) is 0.278. The van der Waals surface area contributed by atoms with Crippen molar-refractivity contribution in [3.63, 3.8) is 0 Å². The summed E-state index contributed by atoms with van der Waals surface area (Å²) in [6, 6.07) is 9.23. The van der Waals surface area contributed by atoms with Crippen LogP contribution in [0, 0.1) is 6.92 Å². The van der Waals surface area contributed by atoms with E-state index in [-0.39, 0.29) is 17.9 Å². The summed E-state index contributed by atoms with van der Waals surface area (Å²) in [5.74, 6) is 0.292. The van der Waals surface area contributed by atoms with E-state index in [4.69, 9.17) is 14.2 Å². The molecule has 5 nitrogen and oxygen atoms in total. The Morgan fingerprint density at radius 1 is 1.22 bits per heavy atom. The standard InChI is InChI=1S/C18H18O5/c1-11-13(7-16(19)17-15(11)10-23-18(17)20)9-22-8-12-3-5-14(21-2)6-4-12/h3-7,19H,8-10H2,1-2H3. The van der Waals surface area contributed by atoms with Gasteiger partial charge in [-0.15, -0.1) is 0 Å². The lowest BCUT2D eigenvalue weighted by Gasteiger charge is -2.11. The lowest BCUT2D eigenvalue weighted by molar-refractivity contribution is 0.0533. The molecule has 0 saturated carbocycles. The maximum atomic E-state index is 11.6. The van der Waals surface area contributed by atoms with Crippen molar-refractivity contribution in [2.24, 2.45) is 0 Å². The molecule has 120 valence electrons. The maximum absolute atomic E-state index is 11.6. The number of hydrogen-bond donors (Lipinski definition) is 1.